The molecule has 0 radical (unpaired) electrons. The van der Waals surface area contributed by atoms with Crippen LogP contribution < -0.4 is 10.1 Å². The average molecular weight is 496 g/mol. The van der Waals surface area contributed by atoms with Gasteiger partial charge in [0, 0.05) is 36.2 Å². The summed E-state index contributed by atoms with van der Waals surface area (Å²) in [5.74, 6) is -0.131. The summed E-state index contributed by atoms with van der Waals surface area (Å²) in [6, 6.07) is 15.0. The highest BCUT2D eigenvalue weighted by molar-refractivity contribution is 5.83. The molecule has 36 heavy (non-hydrogen) atoms. The molecule has 2 atom stereocenters. The van der Waals surface area contributed by atoms with Crippen LogP contribution in [0.4, 0.5) is 4.79 Å². The van der Waals surface area contributed by atoms with Crippen molar-refractivity contribution in [3.05, 3.63) is 65.9 Å². The van der Waals surface area contributed by atoms with Gasteiger partial charge in [0.05, 0.1) is 19.6 Å². The Kier molecular flexibility index (Phi) is 8.98. The molecule has 3 aromatic rings. The van der Waals surface area contributed by atoms with Gasteiger partial charge in [0.1, 0.15) is 11.4 Å². The minimum atomic E-state index is -0.872. The first-order valence-corrected chi connectivity index (χ1v) is 12.2. The van der Waals surface area contributed by atoms with Crippen LogP contribution in [0.15, 0.2) is 54.7 Å². The van der Waals surface area contributed by atoms with Crippen molar-refractivity contribution >= 4 is 23.0 Å². The zero-order chi connectivity index (χ0) is 26.3. The van der Waals surface area contributed by atoms with E-state index in [0.29, 0.717) is 19.5 Å². The van der Waals surface area contributed by atoms with Crippen molar-refractivity contribution in [2.45, 2.75) is 58.2 Å². The first-order chi connectivity index (χ1) is 17.1. The summed E-state index contributed by atoms with van der Waals surface area (Å²) < 4.78 is 10.9. The van der Waals surface area contributed by atoms with Crippen LogP contribution in [0.3, 0.4) is 0 Å². The Morgan fingerprint density at radius 3 is 2.44 bits per heavy atom. The number of para-hydroxylation sites is 1. The van der Waals surface area contributed by atoms with E-state index in [0.717, 1.165) is 27.8 Å². The number of carboxylic acid groups (broad SMARTS) is 1. The summed E-state index contributed by atoms with van der Waals surface area (Å²) in [4.78, 5) is 29.6. The number of hydrogen-bond donors (Lipinski definition) is 3. The summed E-state index contributed by atoms with van der Waals surface area (Å²) in [5.41, 5.74) is 2.39. The van der Waals surface area contributed by atoms with Crippen molar-refractivity contribution in [1.82, 2.24) is 15.2 Å². The Labute approximate surface area is 212 Å². The third-order valence-electron chi connectivity index (χ3n) is 6.04. The van der Waals surface area contributed by atoms with Gasteiger partial charge in [-0.15, -0.1) is 0 Å². The van der Waals surface area contributed by atoms with Crippen molar-refractivity contribution in [3.63, 3.8) is 0 Å². The predicted octanol–water partition coefficient (Wildman–Crippen LogP) is 5.15. The number of rotatable bonds is 11. The maximum absolute atomic E-state index is 13.1. The summed E-state index contributed by atoms with van der Waals surface area (Å²) >= 11 is 0. The van der Waals surface area contributed by atoms with Crippen molar-refractivity contribution < 1.29 is 24.2 Å². The van der Waals surface area contributed by atoms with Gasteiger partial charge in [-0.3, -0.25) is 4.79 Å². The van der Waals surface area contributed by atoms with Gasteiger partial charge in [-0.1, -0.05) is 30.3 Å². The number of amides is 1. The second-order valence-corrected chi connectivity index (χ2v) is 9.94. The fraction of sp³-hybridized carbons (Fsp3) is 0.429. The van der Waals surface area contributed by atoms with Gasteiger partial charge in [0.15, 0.2) is 0 Å². The van der Waals surface area contributed by atoms with Gasteiger partial charge in [-0.05, 0) is 63.4 Å². The molecule has 3 rings (SSSR count). The van der Waals surface area contributed by atoms with Crippen LogP contribution in [0.5, 0.6) is 5.75 Å². The molecule has 194 valence electrons. The van der Waals surface area contributed by atoms with Crippen LogP contribution in [0.1, 0.15) is 51.3 Å². The van der Waals surface area contributed by atoms with Gasteiger partial charge >= 0.3 is 12.1 Å². The molecular formula is C28H37N3O5. The highest BCUT2D eigenvalue weighted by atomic mass is 16.6. The SMILES string of the molecule is COc1ccc(C(C)N(CCN[C@@H](CC(=O)O)Cc2c[nH]c3ccccc23)C(=O)OC(C)(C)C)cc1. The van der Waals surface area contributed by atoms with E-state index in [9.17, 15) is 14.7 Å². The van der Waals surface area contributed by atoms with Crippen molar-refractivity contribution in [2.24, 2.45) is 0 Å². The molecule has 0 aliphatic rings. The summed E-state index contributed by atoms with van der Waals surface area (Å²) in [7, 11) is 1.61. The Bertz CT molecular complexity index is 1150. The first-order valence-electron chi connectivity index (χ1n) is 12.2. The monoisotopic (exact) mass is 495 g/mol. The number of hydrogen-bond acceptors (Lipinski definition) is 5. The third-order valence-corrected chi connectivity index (χ3v) is 6.04. The minimum Gasteiger partial charge on any atom is -0.497 e. The van der Waals surface area contributed by atoms with Crippen LogP contribution in [0, 0.1) is 0 Å². The summed E-state index contributed by atoms with van der Waals surface area (Å²) in [6.07, 6.45) is 2.04. The number of H-pyrrole nitrogens is 1. The van der Waals surface area contributed by atoms with E-state index in [-0.39, 0.29) is 18.5 Å². The summed E-state index contributed by atoms with van der Waals surface area (Å²) in [5, 5.41) is 13.9. The van der Waals surface area contributed by atoms with E-state index in [2.05, 4.69) is 10.3 Å². The molecule has 0 saturated heterocycles. The Hall–Kier alpha value is -3.52. The van der Waals surface area contributed by atoms with E-state index >= 15 is 0 Å². The third kappa shape index (κ3) is 7.49. The number of carbonyl (C=O) groups is 2. The number of nitrogens with zero attached hydrogens (tertiary/aromatic N) is 1. The van der Waals surface area contributed by atoms with Crippen LogP contribution >= 0.6 is 0 Å². The van der Waals surface area contributed by atoms with Crippen LogP contribution in [0.25, 0.3) is 10.9 Å². The lowest BCUT2D eigenvalue weighted by Crippen LogP contribution is -2.44. The van der Waals surface area contributed by atoms with Crippen molar-refractivity contribution in [3.8, 4) is 5.75 Å². The van der Waals surface area contributed by atoms with Crippen LogP contribution in [-0.2, 0) is 16.0 Å². The van der Waals surface area contributed by atoms with Gasteiger partial charge in [-0.25, -0.2) is 4.79 Å². The molecule has 8 nitrogen and oxygen atoms in total. The fourth-order valence-corrected chi connectivity index (χ4v) is 4.21. The molecular weight excluding hydrogens is 458 g/mol. The maximum atomic E-state index is 13.1. The standard InChI is InChI=1S/C28H37N3O5/c1-19(20-10-12-23(35-5)13-11-20)31(27(34)36-28(2,3)4)15-14-29-22(17-26(32)33)16-21-18-30-25-9-7-6-8-24(21)25/h6-13,18-19,22,29-30H,14-17H2,1-5H3,(H,32,33)/t19?,22-/m1/s1. The Balaban J connectivity index is 1.72. The minimum absolute atomic E-state index is 0.0278. The molecule has 0 aliphatic carbocycles. The number of nitrogens with one attached hydrogen (secondary N) is 2. The van der Waals surface area contributed by atoms with E-state index in [1.165, 1.54) is 0 Å². The van der Waals surface area contributed by atoms with Gasteiger partial charge in [-0.2, -0.15) is 0 Å². The zero-order valence-electron chi connectivity index (χ0n) is 21.7. The van der Waals surface area contributed by atoms with E-state index in [1.807, 2.05) is 82.4 Å². The number of ether oxygens (including phenoxy) is 2. The quantitative estimate of drug-likeness (QED) is 0.340. The number of aliphatic carboxylic acids is 1. The van der Waals surface area contributed by atoms with Crippen molar-refractivity contribution in [2.75, 3.05) is 20.2 Å². The molecule has 1 heterocycles. The van der Waals surface area contributed by atoms with E-state index in [4.69, 9.17) is 9.47 Å². The van der Waals surface area contributed by atoms with Gasteiger partial charge in [0.25, 0.3) is 0 Å². The number of carboxylic acids is 1. The number of aromatic amines is 1. The fourth-order valence-electron chi connectivity index (χ4n) is 4.21. The average Bonchev–Trinajstić information content (AvgIpc) is 3.22. The maximum Gasteiger partial charge on any atom is 0.410 e. The topological polar surface area (TPSA) is 104 Å². The molecule has 0 fully saturated rings. The lowest BCUT2D eigenvalue weighted by atomic mass is 10.0. The number of aromatic nitrogens is 1. The number of carbonyl (C=O) groups excluding carboxylic acids is 1. The molecule has 1 aromatic heterocycles. The number of benzene rings is 2. The number of fused-ring (bicyclic) bond motifs is 1. The van der Waals surface area contributed by atoms with Gasteiger partial charge < -0.3 is 29.8 Å². The lowest BCUT2D eigenvalue weighted by molar-refractivity contribution is -0.137. The number of methoxy groups -OCH3 is 1. The molecule has 0 saturated carbocycles. The largest absolute Gasteiger partial charge is 0.497 e. The molecule has 3 N–H and O–H groups in total. The second kappa shape index (κ2) is 11.9. The van der Waals surface area contributed by atoms with E-state index in [1.54, 1.807) is 12.0 Å². The highest BCUT2D eigenvalue weighted by Gasteiger charge is 2.27. The zero-order valence-corrected chi connectivity index (χ0v) is 21.7. The molecule has 0 spiro atoms. The normalized spacial score (nSPS) is 13.2. The summed E-state index contributed by atoms with van der Waals surface area (Å²) in [6.45, 7) is 8.23. The van der Waals surface area contributed by atoms with Crippen LogP contribution in [0.2, 0.25) is 0 Å². The van der Waals surface area contributed by atoms with E-state index < -0.39 is 17.7 Å². The smallest absolute Gasteiger partial charge is 0.410 e. The molecule has 0 bridgehead atoms. The molecule has 2 aromatic carbocycles. The predicted molar refractivity (Wildman–Crippen MR) is 140 cm³/mol. The van der Waals surface area contributed by atoms with Crippen molar-refractivity contribution in [1.29, 1.82) is 0 Å². The second-order valence-electron chi connectivity index (χ2n) is 9.94. The van der Waals surface area contributed by atoms with Gasteiger partial charge in [0.2, 0.25) is 0 Å². The molecule has 1 unspecified atom stereocenters. The molecule has 0 aliphatic heterocycles. The Morgan fingerprint density at radius 1 is 1.11 bits per heavy atom. The molecule has 8 heteroatoms. The lowest BCUT2D eigenvalue weighted by Gasteiger charge is -2.32. The van der Waals surface area contributed by atoms with Crippen LogP contribution in [-0.4, -0.2) is 58.9 Å². The highest BCUT2D eigenvalue weighted by Crippen LogP contribution is 2.25. The Morgan fingerprint density at radius 2 is 1.81 bits per heavy atom. The molecule has 1 amide bonds. The first kappa shape index (κ1) is 27.1.